The second-order valence-electron chi connectivity index (χ2n) is 2.98. The third-order valence-corrected chi connectivity index (χ3v) is 3.13. The molecule has 0 bridgehead atoms. The third-order valence-electron chi connectivity index (χ3n) is 1.76. The molecule has 84 valence electrons. The Kier molecular flexibility index (Phi) is 5.75. The van der Waals surface area contributed by atoms with Gasteiger partial charge in [-0.15, -0.1) is 24.0 Å². The summed E-state index contributed by atoms with van der Waals surface area (Å²) in [6.45, 7) is 4.03. The highest BCUT2D eigenvalue weighted by Crippen LogP contribution is 2.17. The van der Waals surface area contributed by atoms with Gasteiger partial charge in [0.25, 0.3) is 5.91 Å². The first-order chi connectivity index (χ1) is 7.24. The van der Waals surface area contributed by atoms with Gasteiger partial charge < -0.3 is 10.1 Å². The van der Waals surface area contributed by atoms with E-state index in [1.165, 1.54) is 11.3 Å². The SMILES string of the molecule is CCOCCCNC(=O)c1cc(S)cs1. The molecule has 5 heteroatoms. The average molecular weight is 245 g/mol. The summed E-state index contributed by atoms with van der Waals surface area (Å²) in [5.74, 6) is -0.0307. The minimum atomic E-state index is -0.0307. The summed E-state index contributed by atoms with van der Waals surface area (Å²) < 4.78 is 5.16. The second-order valence-corrected chi connectivity index (χ2v) is 4.40. The number of ether oxygens (including phenoxy) is 1. The molecule has 3 nitrogen and oxygen atoms in total. The summed E-state index contributed by atoms with van der Waals surface area (Å²) in [4.78, 5) is 13.1. The van der Waals surface area contributed by atoms with Gasteiger partial charge in [-0.2, -0.15) is 0 Å². The number of nitrogens with one attached hydrogen (secondary N) is 1. The number of hydrogen-bond acceptors (Lipinski definition) is 4. The van der Waals surface area contributed by atoms with Crippen LogP contribution < -0.4 is 5.32 Å². The lowest BCUT2D eigenvalue weighted by atomic mass is 10.4. The second kappa shape index (κ2) is 6.87. The summed E-state index contributed by atoms with van der Waals surface area (Å²) in [6.07, 6.45) is 0.846. The van der Waals surface area contributed by atoms with E-state index in [-0.39, 0.29) is 5.91 Å². The Morgan fingerprint density at radius 1 is 1.67 bits per heavy atom. The van der Waals surface area contributed by atoms with Crippen LogP contribution in [0, 0.1) is 0 Å². The van der Waals surface area contributed by atoms with Crippen LogP contribution in [0.15, 0.2) is 16.3 Å². The van der Waals surface area contributed by atoms with Crippen molar-refractivity contribution in [1.82, 2.24) is 5.32 Å². The smallest absolute Gasteiger partial charge is 0.261 e. The maximum absolute atomic E-state index is 11.5. The lowest BCUT2D eigenvalue weighted by molar-refractivity contribution is 0.0948. The van der Waals surface area contributed by atoms with Crippen molar-refractivity contribution in [2.75, 3.05) is 19.8 Å². The van der Waals surface area contributed by atoms with E-state index in [0.29, 0.717) is 18.0 Å². The van der Waals surface area contributed by atoms with Gasteiger partial charge in [0.2, 0.25) is 0 Å². The Balaban J connectivity index is 2.19. The number of amides is 1. The van der Waals surface area contributed by atoms with Gasteiger partial charge in [0.15, 0.2) is 0 Å². The Labute approximate surface area is 99.2 Å². The van der Waals surface area contributed by atoms with Gasteiger partial charge in [-0.25, -0.2) is 0 Å². The lowest BCUT2D eigenvalue weighted by Gasteiger charge is -2.03. The number of carbonyl (C=O) groups is 1. The summed E-state index contributed by atoms with van der Waals surface area (Å²) in [5, 5.41) is 4.67. The van der Waals surface area contributed by atoms with Crippen molar-refractivity contribution < 1.29 is 9.53 Å². The molecular formula is C10H15NO2S2. The highest BCUT2D eigenvalue weighted by atomic mass is 32.1. The van der Waals surface area contributed by atoms with E-state index >= 15 is 0 Å². The zero-order chi connectivity index (χ0) is 11.1. The van der Waals surface area contributed by atoms with E-state index in [2.05, 4.69) is 17.9 Å². The van der Waals surface area contributed by atoms with Gasteiger partial charge in [0.05, 0.1) is 4.88 Å². The molecule has 15 heavy (non-hydrogen) atoms. The molecule has 0 atom stereocenters. The summed E-state index contributed by atoms with van der Waals surface area (Å²) in [6, 6.07) is 1.77. The lowest BCUT2D eigenvalue weighted by Crippen LogP contribution is -2.24. The first-order valence-corrected chi connectivity index (χ1v) is 6.20. The topological polar surface area (TPSA) is 38.3 Å². The largest absolute Gasteiger partial charge is 0.382 e. The predicted molar refractivity (Wildman–Crippen MR) is 65.0 cm³/mol. The fourth-order valence-electron chi connectivity index (χ4n) is 1.05. The Bertz CT molecular complexity index is 312. The molecule has 0 aliphatic carbocycles. The fourth-order valence-corrected chi connectivity index (χ4v) is 2.12. The monoisotopic (exact) mass is 245 g/mol. The summed E-state index contributed by atoms with van der Waals surface area (Å²) in [5.41, 5.74) is 0. The minimum absolute atomic E-state index is 0.0307. The molecule has 0 fully saturated rings. The normalized spacial score (nSPS) is 10.3. The van der Waals surface area contributed by atoms with Crippen molar-refractivity contribution in [3.8, 4) is 0 Å². The van der Waals surface area contributed by atoms with E-state index in [4.69, 9.17) is 4.74 Å². The molecule has 0 saturated carbocycles. The van der Waals surface area contributed by atoms with Crippen LogP contribution in [0.25, 0.3) is 0 Å². The molecule has 1 heterocycles. The predicted octanol–water partition coefficient (Wildman–Crippen LogP) is 2.19. The number of hydrogen-bond donors (Lipinski definition) is 2. The van der Waals surface area contributed by atoms with E-state index in [1.807, 2.05) is 12.3 Å². The highest BCUT2D eigenvalue weighted by Gasteiger charge is 2.06. The molecule has 0 radical (unpaired) electrons. The number of rotatable bonds is 6. The fraction of sp³-hybridized carbons (Fsp3) is 0.500. The number of carbonyl (C=O) groups excluding carboxylic acids is 1. The van der Waals surface area contributed by atoms with Crippen LogP contribution in [0.5, 0.6) is 0 Å². The molecule has 0 saturated heterocycles. The van der Waals surface area contributed by atoms with Crippen molar-refractivity contribution in [1.29, 1.82) is 0 Å². The Morgan fingerprint density at radius 2 is 2.47 bits per heavy atom. The van der Waals surface area contributed by atoms with Gasteiger partial charge in [0, 0.05) is 30.0 Å². The summed E-state index contributed by atoms with van der Waals surface area (Å²) in [7, 11) is 0. The number of thiophene rings is 1. The third kappa shape index (κ3) is 4.68. The molecule has 0 aliphatic heterocycles. The standard InChI is InChI=1S/C10H15NO2S2/c1-2-13-5-3-4-11-10(12)9-6-8(14)7-15-9/h6-7,14H,2-5H2,1H3,(H,11,12). The van der Waals surface area contributed by atoms with Gasteiger partial charge in [-0.05, 0) is 19.4 Å². The molecule has 1 aromatic heterocycles. The quantitative estimate of drug-likeness (QED) is 0.595. The first-order valence-electron chi connectivity index (χ1n) is 4.87. The molecule has 0 unspecified atom stereocenters. The maximum atomic E-state index is 11.5. The van der Waals surface area contributed by atoms with E-state index < -0.39 is 0 Å². The Hall–Kier alpha value is -0.520. The van der Waals surface area contributed by atoms with Crippen LogP contribution >= 0.6 is 24.0 Å². The molecule has 0 spiro atoms. The zero-order valence-electron chi connectivity index (χ0n) is 8.66. The molecular weight excluding hydrogens is 230 g/mol. The maximum Gasteiger partial charge on any atom is 0.261 e. The van der Waals surface area contributed by atoms with Crippen LogP contribution in [0.2, 0.25) is 0 Å². The molecule has 1 aromatic rings. The van der Waals surface area contributed by atoms with Gasteiger partial charge in [-0.1, -0.05) is 0 Å². The van der Waals surface area contributed by atoms with Gasteiger partial charge >= 0.3 is 0 Å². The molecule has 0 aromatic carbocycles. The summed E-state index contributed by atoms with van der Waals surface area (Å²) >= 11 is 5.55. The Morgan fingerprint density at radius 3 is 3.07 bits per heavy atom. The van der Waals surface area contributed by atoms with E-state index in [0.717, 1.165) is 17.9 Å². The van der Waals surface area contributed by atoms with Crippen molar-refractivity contribution in [3.63, 3.8) is 0 Å². The van der Waals surface area contributed by atoms with Gasteiger partial charge in [0.1, 0.15) is 0 Å². The molecule has 1 amide bonds. The van der Waals surface area contributed by atoms with Crippen LogP contribution in [-0.4, -0.2) is 25.7 Å². The number of thiol groups is 1. The van der Waals surface area contributed by atoms with E-state index in [9.17, 15) is 4.79 Å². The van der Waals surface area contributed by atoms with Crippen molar-refractivity contribution in [2.45, 2.75) is 18.2 Å². The van der Waals surface area contributed by atoms with E-state index in [1.54, 1.807) is 6.07 Å². The molecule has 1 N–H and O–H groups in total. The molecule has 0 aliphatic rings. The zero-order valence-corrected chi connectivity index (χ0v) is 10.4. The highest BCUT2D eigenvalue weighted by molar-refractivity contribution is 7.80. The molecule has 1 rings (SSSR count). The first kappa shape index (κ1) is 12.5. The van der Waals surface area contributed by atoms with Crippen LogP contribution in [0.1, 0.15) is 23.0 Å². The van der Waals surface area contributed by atoms with Crippen molar-refractivity contribution in [2.24, 2.45) is 0 Å². The van der Waals surface area contributed by atoms with Crippen molar-refractivity contribution in [3.05, 3.63) is 16.3 Å². The van der Waals surface area contributed by atoms with Crippen LogP contribution in [0.3, 0.4) is 0 Å². The minimum Gasteiger partial charge on any atom is -0.382 e. The van der Waals surface area contributed by atoms with Crippen molar-refractivity contribution >= 4 is 29.9 Å². The van der Waals surface area contributed by atoms with Crippen LogP contribution in [-0.2, 0) is 4.74 Å². The van der Waals surface area contributed by atoms with Crippen LogP contribution in [0.4, 0.5) is 0 Å². The average Bonchev–Trinajstić information content (AvgIpc) is 2.64. The van der Waals surface area contributed by atoms with Gasteiger partial charge in [-0.3, -0.25) is 4.79 Å².